The lowest BCUT2D eigenvalue weighted by Gasteiger charge is -2.43. The Hall–Kier alpha value is -3.14. The molecule has 4 nitrogen and oxygen atoms in total. The molecule has 1 unspecified atom stereocenters. The molecule has 0 saturated heterocycles. The van der Waals surface area contributed by atoms with Gasteiger partial charge in [-0.1, -0.05) is 89.4 Å². The van der Waals surface area contributed by atoms with Crippen molar-refractivity contribution in [1.29, 1.82) is 0 Å². The molecule has 2 aromatic rings. The van der Waals surface area contributed by atoms with E-state index in [1.54, 1.807) is 0 Å². The number of benzene rings is 2. The van der Waals surface area contributed by atoms with Gasteiger partial charge in [0, 0.05) is 22.5 Å². The highest BCUT2D eigenvalue weighted by molar-refractivity contribution is 6.16. The van der Waals surface area contributed by atoms with Crippen LogP contribution in [0.3, 0.4) is 0 Å². The molecule has 0 spiro atoms. The van der Waals surface area contributed by atoms with Crippen LogP contribution in [0, 0.1) is 0 Å². The molecule has 3 rings (SSSR count). The average molecular weight is 459 g/mol. The Bertz CT molecular complexity index is 1040. The van der Waals surface area contributed by atoms with Crippen LogP contribution in [-0.2, 0) is 9.59 Å². The smallest absolute Gasteiger partial charge is 0.255 e. The van der Waals surface area contributed by atoms with Crippen molar-refractivity contribution in [3.05, 3.63) is 83.5 Å². The van der Waals surface area contributed by atoms with Crippen LogP contribution in [0.25, 0.3) is 0 Å². The summed E-state index contributed by atoms with van der Waals surface area (Å²) in [5, 5.41) is 3.12. The van der Waals surface area contributed by atoms with Gasteiger partial charge in [-0.05, 0) is 55.5 Å². The van der Waals surface area contributed by atoms with Crippen LogP contribution in [0.15, 0.2) is 83.5 Å². The van der Waals surface area contributed by atoms with Crippen molar-refractivity contribution >= 4 is 23.2 Å². The molecule has 0 aromatic heterocycles. The second-order valence-electron chi connectivity index (χ2n) is 8.89. The van der Waals surface area contributed by atoms with Crippen molar-refractivity contribution < 1.29 is 9.59 Å². The molecule has 2 amide bonds. The fraction of sp³-hybridized carbons (Fsp3) is 0.400. The fourth-order valence-electron chi connectivity index (χ4n) is 5.27. The van der Waals surface area contributed by atoms with Crippen LogP contribution in [0.2, 0.25) is 0 Å². The van der Waals surface area contributed by atoms with E-state index in [1.165, 1.54) is 0 Å². The first kappa shape index (κ1) is 25.5. The fourth-order valence-corrected chi connectivity index (χ4v) is 5.27. The van der Waals surface area contributed by atoms with Gasteiger partial charge in [0.2, 0.25) is 0 Å². The lowest BCUT2D eigenvalue weighted by molar-refractivity contribution is -0.115. The normalized spacial score (nSPS) is 18.5. The largest absolute Gasteiger partial charge is 0.322 e. The summed E-state index contributed by atoms with van der Waals surface area (Å²) in [5.74, 6) is -0.0963. The van der Waals surface area contributed by atoms with Crippen molar-refractivity contribution in [2.24, 2.45) is 0 Å². The maximum atomic E-state index is 14.1. The van der Waals surface area contributed by atoms with Gasteiger partial charge in [0.25, 0.3) is 11.8 Å². The van der Waals surface area contributed by atoms with E-state index < -0.39 is 5.54 Å². The molecule has 0 saturated carbocycles. The molecule has 2 aromatic carbocycles. The number of allylic oxidation sites excluding steroid dienone is 1. The van der Waals surface area contributed by atoms with Gasteiger partial charge < -0.3 is 5.32 Å². The maximum Gasteiger partial charge on any atom is 0.255 e. The molecule has 1 heterocycles. The van der Waals surface area contributed by atoms with Crippen LogP contribution in [0.4, 0.5) is 11.4 Å². The average Bonchev–Trinajstić information content (AvgIpc) is 3.07. The summed E-state index contributed by atoms with van der Waals surface area (Å²) in [6, 6.07) is 19.4. The molecule has 0 radical (unpaired) electrons. The summed E-state index contributed by atoms with van der Waals surface area (Å²) in [4.78, 5) is 29.9. The predicted octanol–water partition coefficient (Wildman–Crippen LogP) is 7.44. The van der Waals surface area contributed by atoms with Gasteiger partial charge in [0.1, 0.15) is 5.54 Å². The number of anilines is 2. The molecule has 1 N–H and O–H groups in total. The highest BCUT2D eigenvalue weighted by atomic mass is 16.2. The van der Waals surface area contributed by atoms with E-state index in [0.717, 1.165) is 54.6 Å². The van der Waals surface area contributed by atoms with Gasteiger partial charge >= 0.3 is 0 Å². The number of amides is 2. The Labute approximate surface area is 204 Å². The molecule has 180 valence electrons. The predicted molar refractivity (Wildman–Crippen MR) is 142 cm³/mol. The van der Waals surface area contributed by atoms with Gasteiger partial charge in [0.05, 0.1) is 0 Å². The Balaban J connectivity index is 2.27. The Morgan fingerprint density at radius 1 is 0.882 bits per heavy atom. The molecule has 1 aliphatic rings. The molecule has 1 aliphatic heterocycles. The standard InChI is InChI=1S/C30H38N2O2/c1-5-15-25-26(16-6-2)30(22-8-4,32(29(25)34)24-20-13-10-14-21-24)27(17-7-3)28(33)31-23-18-11-9-12-19-23/h9-14,17-21H,5-8,15-16,22H2,1-4H3,(H,31,33)/b27-17+. The molecule has 0 bridgehead atoms. The SMILES string of the molecule is CC/C=C(\C(=O)Nc1ccccc1)C1(CCC)C(CCC)=C(CCC)C(=O)N1c1ccccc1. The Kier molecular flexibility index (Phi) is 8.86. The Morgan fingerprint density at radius 3 is 2.06 bits per heavy atom. The number of para-hydroxylation sites is 2. The minimum absolute atomic E-state index is 0.0412. The number of hydrogen-bond acceptors (Lipinski definition) is 2. The van der Waals surface area contributed by atoms with Crippen LogP contribution < -0.4 is 10.2 Å². The zero-order chi connectivity index (χ0) is 24.6. The van der Waals surface area contributed by atoms with Crippen molar-refractivity contribution in [3.8, 4) is 0 Å². The number of carbonyl (C=O) groups excluding carboxylic acids is 2. The summed E-state index contributed by atoms with van der Waals surface area (Å²) in [6.45, 7) is 8.45. The third kappa shape index (κ3) is 4.86. The molecule has 0 aliphatic carbocycles. The highest BCUT2D eigenvalue weighted by Crippen LogP contribution is 2.49. The minimum atomic E-state index is -0.789. The minimum Gasteiger partial charge on any atom is -0.322 e. The quantitative estimate of drug-likeness (QED) is 0.356. The highest BCUT2D eigenvalue weighted by Gasteiger charge is 2.54. The van der Waals surface area contributed by atoms with Crippen LogP contribution in [-0.4, -0.2) is 17.4 Å². The van der Waals surface area contributed by atoms with Crippen LogP contribution in [0.1, 0.15) is 72.6 Å². The summed E-state index contributed by atoms with van der Waals surface area (Å²) in [6.07, 6.45) is 7.62. The summed E-state index contributed by atoms with van der Waals surface area (Å²) >= 11 is 0. The first-order valence-corrected chi connectivity index (χ1v) is 12.7. The van der Waals surface area contributed by atoms with E-state index in [4.69, 9.17) is 0 Å². The molecule has 0 fully saturated rings. The topological polar surface area (TPSA) is 49.4 Å². The first-order chi connectivity index (χ1) is 16.5. The van der Waals surface area contributed by atoms with Crippen molar-refractivity contribution in [3.63, 3.8) is 0 Å². The van der Waals surface area contributed by atoms with E-state index in [-0.39, 0.29) is 11.8 Å². The molecular formula is C30H38N2O2. The molecule has 1 atom stereocenters. The Morgan fingerprint density at radius 2 is 1.50 bits per heavy atom. The third-order valence-electron chi connectivity index (χ3n) is 6.46. The molecule has 4 heteroatoms. The van der Waals surface area contributed by atoms with Crippen LogP contribution >= 0.6 is 0 Å². The summed E-state index contributed by atoms with van der Waals surface area (Å²) in [7, 11) is 0. The number of carbonyl (C=O) groups is 2. The van der Waals surface area contributed by atoms with E-state index in [0.29, 0.717) is 18.4 Å². The van der Waals surface area contributed by atoms with Gasteiger partial charge in [-0.2, -0.15) is 0 Å². The zero-order valence-corrected chi connectivity index (χ0v) is 21.1. The zero-order valence-electron chi connectivity index (χ0n) is 21.1. The monoisotopic (exact) mass is 458 g/mol. The van der Waals surface area contributed by atoms with E-state index in [1.807, 2.05) is 71.6 Å². The first-order valence-electron chi connectivity index (χ1n) is 12.7. The summed E-state index contributed by atoms with van der Waals surface area (Å²) in [5.41, 5.74) is 3.49. The maximum absolute atomic E-state index is 14.1. The third-order valence-corrected chi connectivity index (χ3v) is 6.46. The summed E-state index contributed by atoms with van der Waals surface area (Å²) < 4.78 is 0. The van der Waals surface area contributed by atoms with Crippen molar-refractivity contribution in [2.45, 2.75) is 78.2 Å². The number of nitrogens with one attached hydrogen (secondary N) is 1. The molecular weight excluding hydrogens is 420 g/mol. The number of hydrogen-bond donors (Lipinski definition) is 1. The number of nitrogens with zero attached hydrogens (tertiary/aromatic N) is 1. The van der Waals surface area contributed by atoms with Gasteiger partial charge in [-0.25, -0.2) is 0 Å². The lowest BCUT2D eigenvalue weighted by Crippen LogP contribution is -2.53. The second-order valence-corrected chi connectivity index (χ2v) is 8.89. The lowest BCUT2D eigenvalue weighted by atomic mass is 9.75. The van der Waals surface area contributed by atoms with Gasteiger partial charge in [0.15, 0.2) is 0 Å². The second kappa shape index (κ2) is 11.8. The van der Waals surface area contributed by atoms with E-state index >= 15 is 0 Å². The molecule has 34 heavy (non-hydrogen) atoms. The van der Waals surface area contributed by atoms with Crippen molar-refractivity contribution in [1.82, 2.24) is 0 Å². The van der Waals surface area contributed by atoms with E-state index in [2.05, 4.69) is 33.0 Å². The van der Waals surface area contributed by atoms with Gasteiger partial charge in [-0.3, -0.25) is 14.5 Å². The van der Waals surface area contributed by atoms with Crippen LogP contribution in [0.5, 0.6) is 0 Å². The van der Waals surface area contributed by atoms with E-state index in [9.17, 15) is 9.59 Å². The number of rotatable bonds is 11. The van der Waals surface area contributed by atoms with Gasteiger partial charge in [-0.15, -0.1) is 0 Å². The van der Waals surface area contributed by atoms with Crippen molar-refractivity contribution in [2.75, 3.05) is 10.2 Å².